The summed E-state index contributed by atoms with van der Waals surface area (Å²) in [6.07, 6.45) is 4.47. The quantitative estimate of drug-likeness (QED) is 0.810. The number of carbonyl (C=O) groups excluding carboxylic acids is 1. The molecule has 0 spiro atoms. The largest absolute Gasteiger partial charge is 0.481 e. The van der Waals surface area contributed by atoms with Crippen molar-refractivity contribution in [3.63, 3.8) is 0 Å². The minimum Gasteiger partial charge on any atom is -0.481 e. The first-order chi connectivity index (χ1) is 11.0. The van der Waals surface area contributed by atoms with E-state index in [1.807, 2.05) is 0 Å². The lowest BCUT2D eigenvalue weighted by atomic mass is 9.86. The Morgan fingerprint density at radius 3 is 2.70 bits per heavy atom. The van der Waals surface area contributed by atoms with Crippen LogP contribution < -0.4 is 5.32 Å². The number of amides is 1. The fourth-order valence-electron chi connectivity index (χ4n) is 3.23. The monoisotopic (exact) mass is 318 g/mol. The fraction of sp³-hybridized carbons (Fsp3) is 0.412. The van der Waals surface area contributed by atoms with E-state index < -0.39 is 5.97 Å². The summed E-state index contributed by atoms with van der Waals surface area (Å²) in [5, 5.41) is 12.7. The summed E-state index contributed by atoms with van der Waals surface area (Å²) in [5.74, 6) is -1.49. The summed E-state index contributed by atoms with van der Waals surface area (Å²) in [6, 6.07) is 4.48. The maximum Gasteiger partial charge on any atom is 0.306 e. The molecule has 0 atom stereocenters. The molecule has 1 aromatic carbocycles. The van der Waals surface area contributed by atoms with Crippen molar-refractivity contribution in [2.24, 2.45) is 5.92 Å². The van der Waals surface area contributed by atoms with Gasteiger partial charge in [0.2, 0.25) is 5.91 Å². The first-order valence-corrected chi connectivity index (χ1v) is 7.80. The van der Waals surface area contributed by atoms with Crippen molar-refractivity contribution in [1.29, 1.82) is 0 Å². The van der Waals surface area contributed by atoms with Crippen molar-refractivity contribution in [3.05, 3.63) is 35.8 Å². The molecule has 0 bridgehead atoms. The van der Waals surface area contributed by atoms with Gasteiger partial charge in [0.15, 0.2) is 0 Å². The zero-order valence-electron chi connectivity index (χ0n) is 12.6. The van der Waals surface area contributed by atoms with E-state index in [1.54, 1.807) is 12.3 Å². The smallest absolute Gasteiger partial charge is 0.306 e. The SMILES string of the molecule is O=C(Cc1c[nH]c2ccc(F)cc12)NC1CCC(C(=O)O)CC1. The highest BCUT2D eigenvalue weighted by molar-refractivity contribution is 5.89. The number of aromatic amines is 1. The summed E-state index contributed by atoms with van der Waals surface area (Å²) in [5.41, 5.74) is 1.56. The molecule has 1 fully saturated rings. The first-order valence-electron chi connectivity index (χ1n) is 7.80. The van der Waals surface area contributed by atoms with Crippen molar-refractivity contribution in [2.45, 2.75) is 38.1 Å². The number of H-pyrrole nitrogens is 1. The fourth-order valence-corrected chi connectivity index (χ4v) is 3.23. The van der Waals surface area contributed by atoms with Crippen LogP contribution in [0.2, 0.25) is 0 Å². The number of carboxylic acids is 1. The highest BCUT2D eigenvalue weighted by Crippen LogP contribution is 2.25. The van der Waals surface area contributed by atoms with Crippen LogP contribution in [0.25, 0.3) is 10.9 Å². The molecule has 5 nitrogen and oxygen atoms in total. The van der Waals surface area contributed by atoms with E-state index in [9.17, 15) is 14.0 Å². The van der Waals surface area contributed by atoms with Crippen LogP contribution in [0.4, 0.5) is 4.39 Å². The van der Waals surface area contributed by atoms with E-state index in [4.69, 9.17) is 5.11 Å². The van der Waals surface area contributed by atoms with Gasteiger partial charge in [0.25, 0.3) is 0 Å². The Bertz CT molecular complexity index is 733. The minimum absolute atomic E-state index is 0.0278. The lowest BCUT2D eigenvalue weighted by Crippen LogP contribution is -2.39. The molecule has 1 saturated carbocycles. The molecule has 3 rings (SSSR count). The highest BCUT2D eigenvalue weighted by Gasteiger charge is 2.26. The number of halogens is 1. The van der Waals surface area contributed by atoms with Crippen LogP contribution in [-0.2, 0) is 16.0 Å². The van der Waals surface area contributed by atoms with Crippen molar-refractivity contribution in [1.82, 2.24) is 10.3 Å². The zero-order valence-corrected chi connectivity index (χ0v) is 12.6. The number of fused-ring (bicyclic) bond motifs is 1. The van der Waals surface area contributed by atoms with E-state index in [-0.39, 0.29) is 30.1 Å². The predicted molar refractivity (Wildman–Crippen MR) is 83.5 cm³/mol. The van der Waals surface area contributed by atoms with Crippen LogP contribution in [0.1, 0.15) is 31.2 Å². The van der Waals surface area contributed by atoms with Gasteiger partial charge in [0, 0.05) is 23.1 Å². The molecule has 3 N–H and O–H groups in total. The third-order valence-corrected chi connectivity index (χ3v) is 4.52. The molecule has 2 aromatic rings. The Kier molecular flexibility index (Phi) is 4.32. The molecular weight excluding hydrogens is 299 g/mol. The average molecular weight is 318 g/mol. The molecule has 122 valence electrons. The molecule has 1 aliphatic rings. The molecule has 1 heterocycles. The molecule has 0 saturated heterocycles. The van der Waals surface area contributed by atoms with Crippen molar-refractivity contribution >= 4 is 22.8 Å². The van der Waals surface area contributed by atoms with Gasteiger partial charge in [-0.15, -0.1) is 0 Å². The Morgan fingerprint density at radius 1 is 1.26 bits per heavy atom. The second kappa shape index (κ2) is 6.40. The minimum atomic E-state index is -0.754. The molecular formula is C17H19FN2O3. The van der Waals surface area contributed by atoms with Gasteiger partial charge in [-0.1, -0.05) is 0 Å². The number of rotatable bonds is 4. The lowest BCUT2D eigenvalue weighted by Gasteiger charge is -2.26. The number of carboxylic acid groups (broad SMARTS) is 1. The van der Waals surface area contributed by atoms with Crippen molar-refractivity contribution < 1.29 is 19.1 Å². The molecule has 1 amide bonds. The molecule has 23 heavy (non-hydrogen) atoms. The number of hydrogen-bond donors (Lipinski definition) is 3. The number of hydrogen-bond acceptors (Lipinski definition) is 2. The first kappa shape index (κ1) is 15.5. The number of carbonyl (C=O) groups is 2. The Balaban J connectivity index is 1.59. The van der Waals surface area contributed by atoms with Crippen LogP contribution in [-0.4, -0.2) is 28.0 Å². The van der Waals surface area contributed by atoms with Gasteiger partial charge in [-0.2, -0.15) is 0 Å². The summed E-state index contributed by atoms with van der Waals surface area (Å²) >= 11 is 0. The van der Waals surface area contributed by atoms with Crippen LogP contribution in [0.15, 0.2) is 24.4 Å². The summed E-state index contributed by atoms with van der Waals surface area (Å²) in [4.78, 5) is 26.1. The topological polar surface area (TPSA) is 82.2 Å². The zero-order chi connectivity index (χ0) is 16.4. The summed E-state index contributed by atoms with van der Waals surface area (Å²) in [7, 11) is 0. The average Bonchev–Trinajstić information content (AvgIpc) is 2.90. The van der Waals surface area contributed by atoms with Gasteiger partial charge in [-0.05, 0) is 49.4 Å². The van der Waals surface area contributed by atoms with Crippen LogP contribution in [0.3, 0.4) is 0 Å². The van der Waals surface area contributed by atoms with Gasteiger partial charge in [-0.25, -0.2) is 4.39 Å². The maximum absolute atomic E-state index is 13.3. The van der Waals surface area contributed by atoms with Crippen molar-refractivity contribution in [3.8, 4) is 0 Å². The summed E-state index contributed by atoms with van der Waals surface area (Å²) in [6.45, 7) is 0. The van der Waals surface area contributed by atoms with Crippen molar-refractivity contribution in [2.75, 3.05) is 0 Å². The Hall–Kier alpha value is -2.37. The van der Waals surface area contributed by atoms with E-state index in [0.29, 0.717) is 25.7 Å². The highest BCUT2D eigenvalue weighted by atomic mass is 19.1. The normalized spacial score (nSPS) is 21.3. The van der Waals surface area contributed by atoms with Gasteiger partial charge < -0.3 is 15.4 Å². The van der Waals surface area contributed by atoms with Crippen LogP contribution in [0, 0.1) is 11.7 Å². The van der Waals surface area contributed by atoms with Gasteiger partial charge in [0.05, 0.1) is 12.3 Å². The van der Waals surface area contributed by atoms with E-state index in [2.05, 4.69) is 10.3 Å². The summed E-state index contributed by atoms with van der Waals surface area (Å²) < 4.78 is 13.3. The lowest BCUT2D eigenvalue weighted by molar-refractivity contribution is -0.142. The number of nitrogens with one attached hydrogen (secondary N) is 2. The number of aliphatic carboxylic acids is 1. The van der Waals surface area contributed by atoms with Gasteiger partial charge in [0.1, 0.15) is 5.82 Å². The Morgan fingerprint density at radius 2 is 2.00 bits per heavy atom. The van der Waals surface area contributed by atoms with E-state index >= 15 is 0 Å². The molecule has 0 radical (unpaired) electrons. The molecule has 0 unspecified atom stereocenters. The molecule has 6 heteroatoms. The number of aromatic nitrogens is 1. The van der Waals surface area contributed by atoms with E-state index in [1.165, 1.54) is 12.1 Å². The van der Waals surface area contributed by atoms with Crippen LogP contribution in [0.5, 0.6) is 0 Å². The maximum atomic E-state index is 13.3. The van der Waals surface area contributed by atoms with Gasteiger partial charge in [-0.3, -0.25) is 9.59 Å². The second-order valence-electron chi connectivity index (χ2n) is 6.13. The molecule has 1 aromatic heterocycles. The Labute approximate surface area is 132 Å². The standard InChI is InChI=1S/C17H19FN2O3/c18-12-3-6-15-14(8-12)11(9-19-15)7-16(21)20-13-4-1-10(2-5-13)17(22)23/h3,6,8-10,13,19H,1-2,4-5,7H2,(H,20,21)(H,22,23). The second-order valence-corrected chi connectivity index (χ2v) is 6.13. The molecule has 1 aliphatic carbocycles. The van der Waals surface area contributed by atoms with Gasteiger partial charge >= 0.3 is 5.97 Å². The third kappa shape index (κ3) is 3.52. The molecule has 0 aliphatic heterocycles. The van der Waals surface area contributed by atoms with E-state index in [0.717, 1.165) is 16.5 Å². The third-order valence-electron chi connectivity index (χ3n) is 4.52. The number of benzene rings is 1. The van der Waals surface area contributed by atoms with Crippen LogP contribution >= 0.6 is 0 Å². The predicted octanol–water partition coefficient (Wildman–Crippen LogP) is 2.61.